The summed E-state index contributed by atoms with van der Waals surface area (Å²) < 4.78 is 37.6. The first kappa shape index (κ1) is 18.6. The van der Waals surface area contributed by atoms with E-state index in [0.717, 1.165) is 0 Å². The van der Waals surface area contributed by atoms with Crippen LogP contribution in [0.5, 0.6) is 0 Å². The molecule has 120 valence electrons. The third-order valence-corrected chi connectivity index (χ3v) is 4.05. The second-order valence-electron chi connectivity index (χ2n) is 5.22. The van der Waals surface area contributed by atoms with Gasteiger partial charge in [0.25, 0.3) is 0 Å². The third kappa shape index (κ3) is 6.02. The Hall–Kier alpha value is -0.490. The Balaban J connectivity index is 2.69. The molecular weight excluding hydrogens is 324 g/mol. The summed E-state index contributed by atoms with van der Waals surface area (Å²) in [6, 6.07) is 4.44. The molecule has 0 radical (unpaired) electrons. The molecule has 0 spiro atoms. The van der Waals surface area contributed by atoms with Gasteiger partial charge in [-0.2, -0.15) is 13.2 Å². The van der Waals surface area contributed by atoms with Crippen LogP contribution in [-0.2, 0) is 0 Å². The lowest BCUT2D eigenvalue weighted by Gasteiger charge is -2.28. The van der Waals surface area contributed by atoms with Gasteiger partial charge < -0.3 is 5.73 Å². The van der Waals surface area contributed by atoms with Crippen molar-refractivity contribution in [2.75, 3.05) is 13.1 Å². The Morgan fingerprint density at radius 2 is 1.86 bits per heavy atom. The van der Waals surface area contributed by atoms with Gasteiger partial charge >= 0.3 is 6.18 Å². The molecule has 0 saturated carbocycles. The molecule has 0 aromatic heterocycles. The molecule has 0 saturated heterocycles. The molecule has 0 amide bonds. The molecule has 0 aliphatic carbocycles. The first-order chi connectivity index (χ1) is 9.61. The number of alkyl halides is 3. The van der Waals surface area contributed by atoms with Crippen LogP contribution < -0.4 is 5.73 Å². The molecule has 2 N–H and O–H groups in total. The molecule has 1 aromatic carbocycles. The first-order valence-electron chi connectivity index (χ1n) is 6.62. The van der Waals surface area contributed by atoms with Gasteiger partial charge in [-0.05, 0) is 31.9 Å². The predicted octanol–water partition coefficient (Wildman–Crippen LogP) is 4.66. The highest BCUT2D eigenvalue weighted by Crippen LogP contribution is 2.30. The van der Waals surface area contributed by atoms with Crippen LogP contribution in [0.4, 0.5) is 13.2 Å². The summed E-state index contributed by atoms with van der Waals surface area (Å²) >= 11 is 12.0. The largest absolute Gasteiger partial charge is 0.401 e. The molecule has 0 aliphatic heterocycles. The zero-order valence-electron chi connectivity index (χ0n) is 11.9. The molecule has 1 rings (SSSR count). The van der Waals surface area contributed by atoms with E-state index in [4.69, 9.17) is 28.9 Å². The summed E-state index contributed by atoms with van der Waals surface area (Å²) in [6.07, 6.45) is -3.85. The average Bonchev–Trinajstić information content (AvgIpc) is 2.35. The molecular formula is C14H19Cl2F3N2. The van der Waals surface area contributed by atoms with Crippen LogP contribution in [0.1, 0.15) is 31.9 Å². The van der Waals surface area contributed by atoms with Gasteiger partial charge in [-0.3, -0.25) is 4.90 Å². The molecule has 0 heterocycles. The Bertz CT molecular complexity index is 464. The quantitative estimate of drug-likeness (QED) is 0.814. The maximum Gasteiger partial charge on any atom is 0.401 e. The summed E-state index contributed by atoms with van der Waals surface area (Å²) in [4.78, 5) is 1.35. The standard InChI is InChI=1S/C14H19Cl2F3N2/c1-9(2)21(8-14(17,18)19)7-6-12(20)10-4-3-5-11(15)13(10)16/h3-5,9,12H,6-8,20H2,1-2H3. The molecule has 0 bridgehead atoms. The molecule has 1 aromatic rings. The van der Waals surface area contributed by atoms with Crippen LogP contribution in [0, 0.1) is 0 Å². The summed E-state index contributed by atoms with van der Waals surface area (Å²) in [5, 5.41) is 0.749. The Labute approximate surface area is 133 Å². The van der Waals surface area contributed by atoms with E-state index in [1.54, 1.807) is 32.0 Å². The number of rotatable bonds is 6. The van der Waals surface area contributed by atoms with Crippen LogP contribution in [0.15, 0.2) is 18.2 Å². The molecule has 0 fully saturated rings. The smallest absolute Gasteiger partial charge is 0.324 e. The van der Waals surface area contributed by atoms with Crippen LogP contribution in [0.2, 0.25) is 10.0 Å². The van der Waals surface area contributed by atoms with Crippen molar-refractivity contribution in [1.82, 2.24) is 4.90 Å². The number of hydrogen-bond acceptors (Lipinski definition) is 2. The van der Waals surface area contributed by atoms with Gasteiger partial charge in [0.2, 0.25) is 0 Å². The van der Waals surface area contributed by atoms with E-state index in [-0.39, 0.29) is 12.6 Å². The zero-order chi connectivity index (χ0) is 16.2. The first-order valence-corrected chi connectivity index (χ1v) is 7.37. The zero-order valence-corrected chi connectivity index (χ0v) is 13.4. The van der Waals surface area contributed by atoms with E-state index in [2.05, 4.69) is 0 Å². The monoisotopic (exact) mass is 342 g/mol. The van der Waals surface area contributed by atoms with Crippen LogP contribution in [0.25, 0.3) is 0 Å². The minimum atomic E-state index is -4.22. The van der Waals surface area contributed by atoms with Gasteiger partial charge in [0.05, 0.1) is 16.6 Å². The average molecular weight is 343 g/mol. The SMILES string of the molecule is CC(C)N(CCC(N)c1cccc(Cl)c1Cl)CC(F)(F)F. The molecule has 21 heavy (non-hydrogen) atoms. The van der Waals surface area contributed by atoms with Crippen LogP contribution >= 0.6 is 23.2 Å². The molecule has 0 aliphatic rings. The topological polar surface area (TPSA) is 29.3 Å². The Morgan fingerprint density at radius 3 is 2.38 bits per heavy atom. The highest BCUT2D eigenvalue weighted by molar-refractivity contribution is 6.42. The number of nitrogens with two attached hydrogens (primary N) is 1. The van der Waals surface area contributed by atoms with E-state index in [1.165, 1.54) is 4.90 Å². The number of nitrogens with zero attached hydrogens (tertiary/aromatic N) is 1. The normalized spacial score (nSPS) is 14.0. The third-order valence-electron chi connectivity index (χ3n) is 3.22. The fraction of sp³-hybridized carbons (Fsp3) is 0.571. The fourth-order valence-electron chi connectivity index (χ4n) is 2.02. The van der Waals surface area contributed by atoms with Crippen molar-refractivity contribution in [1.29, 1.82) is 0 Å². The van der Waals surface area contributed by atoms with Crippen molar-refractivity contribution in [2.45, 2.75) is 38.5 Å². The lowest BCUT2D eigenvalue weighted by atomic mass is 10.0. The van der Waals surface area contributed by atoms with Gasteiger partial charge in [-0.1, -0.05) is 35.3 Å². The second-order valence-corrected chi connectivity index (χ2v) is 6.00. The predicted molar refractivity (Wildman–Crippen MR) is 80.8 cm³/mol. The van der Waals surface area contributed by atoms with Crippen molar-refractivity contribution in [3.05, 3.63) is 33.8 Å². The van der Waals surface area contributed by atoms with Crippen LogP contribution in [-0.4, -0.2) is 30.2 Å². The van der Waals surface area contributed by atoms with E-state index >= 15 is 0 Å². The van der Waals surface area contributed by atoms with E-state index < -0.39 is 18.8 Å². The van der Waals surface area contributed by atoms with Crippen molar-refractivity contribution in [2.24, 2.45) is 5.73 Å². The lowest BCUT2D eigenvalue weighted by Crippen LogP contribution is -2.40. The summed E-state index contributed by atoms with van der Waals surface area (Å²) in [7, 11) is 0. The molecule has 1 atom stereocenters. The Kier molecular flexibility index (Phi) is 6.78. The molecule has 1 unspecified atom stereocenters. The maximum absolute atomic E-state index is 12.5. The van der Waals surface area contributed by atoms with Gasteiger partial charge in [0.15, 0.2) is 0 Å². The van der Waals surface area contributed by atoms with Crippen molar-refractivity contribution in [3.8, 4) is 0 Å². The minimum Gasteiger partial charge on any atom is -0.324 e. The van der Waals surface area contributed by atoms with E-state index in [9.17, 15) is 13.2 Å². The van der Waals surface area contributed by atoms with Crippen molar-refractivity contribution < 1.29 is 13.2 Å². The summed E-state index contributed by atoms with van der Waals surface area (Å²) in [5.74, 6) is 0. The summed E-state index contributed by atoms with van der Waals surface area (Å²) in [5.41, 5.74) is 6.68. The highest BCUT2D eigenvalue weighted by Gasteiger charge is 2.31. The van der Waals surface area contributed by atoms with Crippen molar-refractivity contribution >= 4 is 23.2 Å². The summed E-state index contributed by atoms with van der Waals surface area (Å²) in [6.45, 7) is 2.75. The number of halogens is 5. The molecule has 7 heteroatoms. The van der Waals surface area contributed by atoms with Gasteiger partial charge in [-0.15, -0.1) is 0 Å². The van der Waals surface area contributed by atoms with E-state index in [1.807, 2.05) is 0 Å². The second kappa shape index (κ2) is 7.68. The Morgan fingerprint density at radius 1 is 1.24 bits per heavy atom. The highest BCUT2D eigenvalue weighted by atomic mass is 35.5. The van der Waals surface area contributed by atoms with E-state index in [0.29, 0.717) is 22.0 Å². The molecule has 2 nitrogen and oxygen atoms in total. The minimum absolute atomic E-state index is 0.214. The maximum atomic E-state index is 12.5. The lowest BCUT2D eigenvalue weighted by molar-refractivity contribution is -0.149. The van der Waals surface area contributed by atoms with Gasteiger partial charge in [0, 0.05) is 18.6 Å². The van der Waals surface area contributed by atoms with Crippen molar-refractivity contribution in [3.63, 3.8) is 0 Å². The van der Waals surface area contributed by atoms with Gasteiger partial charge in [0.1, 0.15) is 0 Å². The van der Waals surface area contributed by atoms with Crippen LogP contribution in [0.3, 0.4) is 0 Å². The number of benzene rings is 1. The fourth-order valence-corrected chi connectivity index (χ4v) is 2.47. The number of hydrogen-bond donors (Lipinski definition) is 1. The van der Waals surface area contributed by atoms with Gasteiger partial charge in [-0.25, -0.2) is 0 Å².